The van der Waals surface area contributed by atoms with Crippen molar-refractivity contribution in [3.8, 4) is 0 Å². The van der Waals surface area contributed by atoms with Gasteiger partial charge < -0.3 is 15.8 Å². The van der Waals surface area contributed by atoms with Crippen LogP contribution in [0.1, 0.15) is 56.3 Å². The Balaban J connectivity index is 2.73. The number of hydrogen-bond donors (Lipinski definition) is 2. The lowest BCUT2D eigenvalue weighted by Crippen LogP contribution is -2.35. The number of amides is 1. The third-order valence-electron chi connectivity index (χ3n) is 3.28. The minimum atomic E-state index is -0.262. The number of rotatable bonds is 7. The number of nitrogens with two attached hydrogens (primary N) is 1. The summed E-state index contributed by atoms with van der Waals surface area (Å²) < 4.78 is 5.08. The number of nitrogens with one attached hydrogen (secondary N) is 1. The molecule has 0 spiro atoms. The number of ether oxygens (including phenoxy) is 1. The van der Waals surface area contributed by atoms with Crippen molar-refractivity contribution < 1.29 is 9.53 Å². The number of methoxy groups -OCH3 is 1. The average molecular weight is 294 g/mol. The summed E-state index contributed by atoms with van der Waals surface area (Å²) in [5.74, 6) is 0.505. The van der Waals surface area contributed by atoms with Crippen molar-refractivity contribution in [2.45, 2.75) is 40.0 Å². The van der Waals surface area contributed by atoms with E-state index in [2.05, 4.69) is 29.1 Å². The van der Waals surface area contributed by atoms with Crippen LogP contribution in [-0.4, -0.2) is 36.1 Å². The number of aromatic nitrogens is 2. The molecule has 1 aromatic rings. The Hall–Kier alpha value is -1.69. The number of hydrogen-bond acceptors (Lipinski definition) is 5. The maximum absolute atomic E-state index is 12.2. The molecule has 0 aliphatic carbocycles. The van der Waals surface area contributed by atoms with Crippen LogP contribution in [0.4, 0.5) is 5.69 Å². The highest BCUT2D eigenvalue weighted by molar-refractivity contribution is 5.96. The molecule has 21 heavy (non-hydrogen) atoms. The molecule has 0 bridgehead atoms. The summed E-state index contributed by atoms with van der Waals surface area (Å²) in [4.78, 5) is 20.6. The Bertz CT molecular complexity index is 487. The molecule has 0 aromatic carbocycles. The van der Waals surface area contributed by atoms with Gasteiger partial charge >= 0.3 is 0 Å². The second kappa shape index (κ2) is 7.36. The number of anilines is 1. The van der Waals surface area contributed by atoms with Crippen LogP contribution in [0.15, 0.2) is 6.20 Å². The molecule has 0 fully saturated rings. The minimum Gasteiger partial charge on any atom is -0.396 e. The van der Waals surface area contributed by atoms with Crippen molar-refractivity contribution in [3.63, 3.8) is 0 Å². The number of carbonyl (C=O) groups excluding carboxylic acids is 1. The Morgan fingerprint density at radius 1 is 1.48 bits per heavy atom. The molecule has 0 atom stereocenters. The first-order valence-corrected chi connectivity index (χ1v) is 7.16. The quantitative estimate of drug-likeness (QED) is 0.802. The van der Waals surface area contributed by atoms with Crippen molar-refractivity contribution in [3.05, 3.63) is 17.7 Å². The first-order valence-electron chi connectivity index (χ1n) is 7.16. The van der Waals surface area contributed by atoms with Crippen LogP contribution < -0.4 is 11.1 Å². The highest BCUT2D eigenvalue weighted by Gasteiger charge is 2.21. The maximum Gasteiger partial charge on any atom is 0.272 e. The highest BCUT2D eigenvalue weighted by atomic mass is 16.5. The second-order valence-electron chi connectivity index (χ2n) is 6.28. The highest BCUT2D eigenvalue weighted by Crippen LogP contribution is 2.19. The van der Waals surface area contributed by atoms with Gasteiger partial charge in [0.05, 0.1) is 11.9 Å². The summed E-state index contributed by atoms with van der Waals surface area (Å²) in [6, 6.07) is 0. The number of nitrogen functional groups attached to an aromatic ring is 1. The van der Waals surface area contributed by atoms with E-state index in [1.807, 2.05) is 13.8 Å². The first kappa shape index (κ1) is 17.4. The maximum atomic E-state index is 12.2. The zero-order valence-corrected chi connectivity index (χ0v) is 13.6. The Labute approximate surface area is 126 Å². The summed E-state index contributed by atoms with van der Waals surface area (Å²) in [7, 11) is 1.67. The molecular weight excluding hydrogens is 268 g/mol. The molecule has 0 radical (unpaired) electrons. The van der Waals surface area contributed by atoms with E-state index < -0.39 is 0 Å². The number of carbonyl (C=O) groups is 1. The fourth-order valence-electron chi connectivity index (χ4n) is 1.73. The topological polar surface area (TPSA) is 90.1 Å². The summed E-state index contributed by atoms with van der Waals surface area (Å²) in [6.07, 6.45) is 2.35. The summed E-state index contributed by atoms with van der Waals surface area (Å²) in [6.45, 7) is 9.30. The summed E-state index contributed by atoms with van der Waals surface area (Å²) in [5, 5.41) is 2.89. The van der Waals surface area contributed by atoms with Crippen molar-refractivity contribution in [2.75, 3.05) is 26.0 Å². The molecule has 1 aromatic heterocycles. The van der Waals surface area contributed by atoms with E-state index in [4.69, 9.17) is 10.5 Å². The van der Waals surface area contributed by atoms with Gasteiger partial charge in [-0.2, -0.15) is 0 Å². The van der Waals surface area contributed by atoms with Crippen LogP contribution in [0.25, 0.3) is 0 Å². The van der Waals surface area contributed by atoms with Gasteiger partial charge in [0, 0.05) is 26.2 Å². The molecule has 1 heterocycles. The predicted molar refractivity (Wildman–Crippen MR) is 83.1 cm³/mol. The Morgan fingerprint density at radius 2 is 2.14 bits per heavy atom. The van der Waals surface area contributed by atoms with Crippen molar-refractivity contribution >= 4 is 11.6 Å². The van der Waals surface area contributed by atoms with Crippen LogP contribution in [0.3, 0.4) is 0 Å². The fraction of sp³-hybridized carbons (Fsp3) is 0.667. The van der Waals surface area contributed by atoms with E-state index in [1.165, 1.54) is 6.20 Å². The SMILES string of the molecule is COCCC(C)(C)CNC(=O)c1nc(C(C)C)ncc1N. The zero-order valence-electron chi connectivity index (χ0n) is 13.6. The van der Waals surface area contributed by atoms with Crippen LogP contribution >= 0.6 is 0 Å². The summed E-state index contributed by atoms with van der Waals surface area (Å²) >= 11 is 0. The van der Waals surface area contributed by atoms with E-state index in [1.54, 1.807) is 7.11 Å². The van der Waals surface area contributed by atoms with Crippen LogP contribution in [0.2, 0.25) is 0 Å². The molecule has 0 saturated heterocycles. The van der Waals surface area contributed by atoms with E-state index in [9.17, 15) is 4.79 Å². The van der Waals surface area contributed by atoms with Crippen molar-refractivity contribution in [1.82, 2.24) is 15.3 Å². The molecule has 0 saturated carbocycles. The molecule has 0 aliphatic rings. The lowest BCUT2D eigenvalue weighted by atomic mass is 9.89. The van der Waals surface area contributed by atoms with Crippen LogP contribution in [0, 0.1) is 5.41 Å². The molecule has 6 nitrogen and oxygen atoms in total. The van der Waals surface area contributed by atoms with Gasteiger partial charge in [-0.3, -0.25) is 4.79 Å². The van der Waals surface area contributed by atoms with E-state index in [-0.39, 0.29) is 22.9 Å². The molecule has 6 heteroatoms. The van der Waals surface area contributed by atoms with Gasteiger partial charge in [0.15, 0.2) is 5.69 Å². The van der Waals surface area contributed by atoms with Gasteiger partial charge in [0.1, 0.15) is 5.82 Å². The smallest absolute Gasteiger partial charge is 0.272 e. The normalized spacial score (nSPS) is 11.7. The van der Waals surface area contributed by atoms with Crippen molar-refractivity contribution in [2.24, 2.45) is 5.41 Å². The zero-order chi connectivity index (χ0) is 16.0. The summed E-state index contributed by atoms with van der Waals surface area (Å²) in [5.41, 5.74) is 6.30. The predicted octanol–water partition coefficient (Wildman–Crippen LogP) is 1.97. The van der Waals surface area contributed by atoms with Gasteiger partial charge in [0.25, 0.3) is 5.91 Å². The van der Waals surface area contributed by atoms with E-state index in [0.717, 1.165) is 6.42 Å². The second-order valence-corrected chi connectivity index (χ2v) is 6.28. The Kier molecular flexibility index (Phi) is 6.08. The van der Waals surface area contributed by atoms with Gasteiger partial charge in [-0.1, -0.05) is 27.7 Å². The lowest BCUT2D eigenvalue weighted by Gasteiger charge is -2.24. The minimum absolute atomic E-state index is 0.0473. The van der Waals surface area contributed by atoms with Gasteiger partial charge in [0.2, 0.25) is 0 Å². The monoisotopic (exact) mass is 294 g/mol. The van der Waals surface area contributed by atoms with E-state index in [0.29, 0.717) is 24.7 Å². The first-order chi connectivity index (χ1) is 9.76. The molecule has 0 aliphatic heterocycles. The molecular formula is C15H26N4O2. The average Bonchev–Trinajstić information content (AvgIpc) is 2.43. The van der Waals surface area contributed by atoms with Crippen molar-refractivity contribution in [1.29, 1.82) is 0 Å². The molecule has 1 amide bonds. The Morgan fingerprint density at radius 3 is 2.71 bits per heavy atom. The standard InChI is InChI=1S/C15H26N4O2/c1-10(2)13-17-8-11(16)12(19-13)14(20)18-9-15(3,4)6-7-21-5/h8,10H,6-7,9,16H2,1-5H3,(H,18,20). The van der Waals surface area contributed by atoms with Crippen LogP contribution in [-0.2, 0) is 4.74 Å². The third kappa shape index (κ3) is 5.30. The van der Waals surface area contributed by atoms with E-state index >= 15 is 0 Å². The molecule has 3 N–H and O–H groups in total. The number of nitrogens with zero attached hydrogens (tertiary/aromatic N) is 2. The lowest BCUT2D eigenvalue weighted by molar-refractivity contribution is 0.0916. The van der Waals surface area contributed by atoms with Gasteiger partial charge in [-0.05, 0) is 11.8 Å². The fourth-order valence-corrected chi connectivity index (χ4v) is 1.73. The van der Waals surface area contributed by atoms with Gasteiger partial charge in [-0.25, -0.2) is 9.97 Å². The molecule has 0 unspecified atom stereocenters. The van der Waals surface area contributed by atoms with Gasteiger partial charge in [-0.15, -0.1) is 0 Å². The molecule has 118 valence electrons. The van der Waals surface area contributed by atoms with Crippen LogP contribution in [0.5, 0.6) is 0 Å². The largest absolute Gasteiger partial charge is 0.396 e. The molecule has 1 rings (SSSR count). The third-order valence-corrected chi connectivity index (χ3v) is 3.28.